The van der Waals surface area contributed by atoms with Crippen molar-refractivity contribution in [2.75, 3.05) is 12.0 Å². The lowest BCUT2D eigenvalue weighted by atomic mass is 10.3. The van der Waals surface area contributed by atoms with E-state index in [9.17, 15) is 8.42 Å². The molecule has 1 rings (SSSR count). The van der Waals surface area contributed by atoms with E-state index in [1.54, 1.807) is 18.8 Å². The molecular weight excluding hydrogens is 282 g/mol. The summed E-state index contributed by atoms with van der Waals surface area (Å²) in [6.45, 7) is 1.82. The molecule has 1 heterocycles. The molecule has 0 saturated heterocycles. The summed E-state index contributed by atoms with van der Waals surface area (Å²) in [4.78, 5) is 3.80. The topological polar surface area (TPSA) is 64.0 Å². The summed E-state index contributed by atoms with van der Waals surface area (Å²) in [6, 6.07) is -0.134. The fourth-order valence-electron chi connectivity index (χ4n) is 1.25. The fourth-order valence-corrected chi connectivity index (χ4v) is 3.55. The molecule has 5 nitrogen and oxygen atoms in total. The van der Waals surface area contributed by atoms with E-state index in [0.29, 0.717) is 0 Å². The predicted octanol–water partition coefficient (Wildman–Crippen LogP) is 1.49. The monoisotopic (exact) mass is 297 g/mol. The normalized spacial score (nSPS) is 13.9. The Morgan fingerprint density at radius 2 is 2.29 bits per heavy atom. The lowest BCUT2D eigenvalue weighted by molar-refractivity contribution is 0.554. The summed E-state index contributed by atoms with van der Waals surface area (Å²) < 4.78 is 27.9. The molecule has 1 unspecified atom stereocenters. The Morgan fingerprint density at radius 1 is 1.65 bits per heavy atom. The summed E-state index contributed by atoms with van der Waals surface area (Å²) in [6.07, 6.45) is 4.13. The Hall–Kier alpha value is -0.240. The van der Waals surface area contributed by atoms with Gasteiger partial charge in [-0.2, -0.15) is 11.8 Å². The van der Waals surface area contributed by atoms with Crippen LogP contribution in [-0.4, -0.2) is 36.0 Å². The molecule has 0 fully saturated rings. The van der Waals surface area contributed by atoms with Gasteiger partial charge in [0.1, 0.15) is 5.15 Å². The van der Waals surface area contributed by atoms with Crippen molar-refractivity contribution in [3.05, 3.63) is 11.5 Å². The second-order valence-electron chi connectivity index (χ2n) is 3.76. The molecule has 0 aromatic carbocycles. The highest BCUT2D eigenvalue weighted by molar-refractivity contribution is 7.98. The van der Waals surface area contributed by atoms with Crippen molar-refractivity contribution in [3.8, 4) is 0 Å². The molecule has 1 aromatic heterocycles. The van der Waals surface area contributed by atoms with E-state index >= 15 is 0 Å². The maximum Gasteiger partial charge on any atom is 0.261 e. The largest absolute Gasteiger partial charge is 0.324 e. The van der Waals surface area contributed by atoms with Gasteiger partial charge in [0.25, 0.3) is 10.0 Å². The van der Waals surface area contributed by atoms with Crippen molar-refractivity contribution in [1.82, 2.24) is 14.3 Å². The summed E-state index contributed by atoms with van der Waals surface area (Å²) >= 11 is 7.54. The Bertz CT molecular complexity index is 473. The van der Waals surface area contributed by atoms with Crippen molar-refractivity contribution >= 4 is 33.4 Å². The number of aromatic nitrogens is 2. The summed E-state index contributed by atoms with van der Waals surface area (Å²) in [7, 11) is -1.98. The van der Waals surface area contributed by atoms with Gasteiger partial charge in [-0.3, -0.25) is 0 Å². The molecule has 0 aliphatic rings. The van der Waals surface area contributed by atoms with Gasteiger partial charge in [-0.1, -0.05) is 11.6 Å². The Kier molecular flexibility index (Phi) is 5.30. The number of nitrogens with one attached hydrogen (secondary N) is 1. The van der Waals surface area contributed by atoms with Crippen LogP contribution in [0.4, 0.5) is 0 Å². The minimum Gasteiger partial charge on any atom is -0.324 e. The SMILES string of the molecule is CSCCC(C)NS(=O)(=O)c1ncn(C)c1Cl. The van der Waals surface area contributed by atoms with E-state index in [-0.39, 0.29) is 16.2 Å². The lowest BCUT2D eigenvalue weighted by Gasteiger charge is -2.12. The molecule has 0 saturated carbocycles. The maximum atomic E-state index is 12.0. The number of hydrogen-bond acceptors (Lipinski definition) is 4. The van der Waals surface area contributed by atoms with E-state index in [4.69, 9.17) is 11.6 Å². The van der Waals surface area contributed by atoms with Crippen LogP contribution < -0.4 is 4.72 Å². The number of hydrogen-bond donors (Lipinski definition) is 1. The summed E-state index contributed by atoms with van der Waals surface area (Å²) in [5.74, 6) is 0.902. The first-order valence-electron chi connectivity index (χ1n) is 5.06. The molecule has 0 bridgehead atoms. The summed E-state index contributed by atoms with van der Waals surface area (Å²) in [5.41, 5.74) is 0. The van der Waals surface area contributed by atoms with Gasteiger partial charge in [0.2, 0.25) is 5.03 Å². The Balaban J connectivity index is 2.79. The minimum atomic E-state index is -3.62. The molecule has 0 aliphatic heterocycles. The zero-order valence-electron chi connectivity index (χ0n) is 9.97. The van der Waals surface area contributed by atoms with Crippen LogP contribution in [0.1, 0.15) is 13.3 Å². The Morgan fingerprint density at radius 3 is 2.76 bits per heavy atom. The molecule has 17 heavy (non-hydrogen) atoms. The van der Waals surface area contributed by atoms with Gasteiger partial charge < -0.3 is 4.57 Å². The highest BCUT2D eigenvalue weighted by Crippen LogP contribution is 2.18. The predicted molar refractivity (Wildman–Crippen MR) is 71.0 cm³/mol. The van der Waals surface area contributed by atoms with Gasteiger partial charge in [0.15, 0.2) is 0 Å². The molecule has 8 heteroatoms. The van der Waals surface area contributed by atoms with Crippen LogP contribution in [-0.2, 0) is 17.1 Å². The standard InChI is InChI=1S/C9H16ClN3O2S2/c1-7(4-5-16-3)12-17(14,15)9-8(10)13(2)6-11-9/h6-7,12H,4-5H2,1-3H3. The van der Waals surface area contributed by atoms with Crippen molar-refractivity contribution in [2.45, 2.75) is 24.4 Å². The first kappa shape index (κ1) is 14.8. The van der Waals surface area contributed by atoms with Crippen molar-refractivity contribution < 1.29 is 8.42 Å². The third kappa shape index (κ3) is 3.87. The molecule has 0 aliphatic carbocycles. The number of rotatable bonds is 6. The molecule has 1 N–H and O–H groups in total. The number of aryl methyl sites for hydroxylation is 1. The van der Waals surface area contributed by atoms with E-state index in [2.05, 4.69) is 9.71 Å². The second kappa shape index (κ2) is 6.08. The lowest BCUT2D eigenvalue weighted by Crippen LogP contribution is -2.33. The quantitative estimate of drug-likeness (QED) is 0.864. The minimum absolute atomic E-state index is 0.113. The molecule has 98 valence electrons. The number of nitrogens with zero attached hydrogens (tertiary/aromatic N) is 2. The van der Waals surface area contributed by atoms with Crippen LogP contribution in [0.25, 0.3) is 0 Å². The fraction of sp³-hybridized carbons (Fsp3) is 0.667. The zero-order valence-corrected chi connectivity index (χ0v) is 12.4. The van der Waals surface area contributed by atoms with E-state index in [0.717, 1.165) is 12.2 Å². The van der Waals surface area contributed by atoms with Crippen molar-refractivity contribution in [1.29, 1.82) is 0 Å². The molecule has 1 atom stereocenters. The van der Waals surface area contributed by atoms with Gasteiger partial charge >= 0.3 is 0 Å². The highest BCUT2D eigenvalue weighted by atomic mass is 35.5. The average Bonchev–Trinajstić information content (AvgIpc) is 2.56. The molecule has 0 radical (unpaired) electrons. The molecule has 0 amide bonds. The Labute approximate surface area is 111 Å². The number of imidazole rings is 1. The average molecular weight is 298 g/mol. The highest BCUT2D eigenvalue weighted by Gasteiger charge is 2.23. The van der Waals surface area contributed by atoms with Crippen LogP contribution in [0, 0.1) is 0 Å². The van der Waals surface area contributed by atoms with Crippen LogP contribution in [0.5, 0.6) is 0 Å². The van der Waals surface area contributed by atoms with Crippen molar-refractivity contribution in [3.63, 3.8) is 0 Å². The third-order valence-electron chi connectivity index (χ3n) is 2.20. The molecule has 1 aromatic rings. The van der Waals surface area contributed by atoms with E-state index in [1.807, 2.05) is 13.2 Å². The smallest absolute Gasteiger partial charge is 0.261 e. The van der Waals surface area contributed by atoms with E-state index in [1.165, 1.54) is 10.9 Å². The second-order valence-corrected chi connectivity index (χ2v) is 6.73. The first-order valence-corrected chi connectivity index (χ1v) is 8.32. The number of sulfonamides is 1. The third-order valence-corrected chi connectivity index (χ3v) is 4.92. The molecule has 0 spiro atoms. The number of halogens is 1. The zero-order chi connectivity index (χ0) is 13.1. The number of thioether (sulfide) groups is 1. The van der Waals surface area contributed by atoms with E-state index < -0.39 is 10.0 Å². The van der Waals surface area contributed by atoms with Gasteiger partial charge in [-0.25, -0.2) is 18.1 Å². The van der Waals surface area contributed by atoms with Gasteiger partial charge in [-0.15, -0.1) is 0 Å². The van der Waals surface area contributed by atoms with Crippen LogP contribution in [0.15, 0.2) is 11.4 Å². The van der Waals surface area contributed by atoms with Crippen molar-refractivity contribution in [2.24, 2.45) is 7.05 Å². The van der Waals surface area contributed by atoms with Crippen LogP contribution in [0.2, 0.25) is 5.15 Å². The first-order chi connectivity index (χ1) is 7.88. The van der Waals surface area contributed by atoms with Gasteiger partial charge in [0.05, 0.1) is 6.33 Å². The summed E-state index contributed by atoms with van der Waals surface area (Å²) in [5, 5.41) is 0.00670. The van der Waals surface area contributed by atoms with Gasteiger partial charge in [-0.05, 0) is 25.4 Å². The maximum absolute atomic E-state index is 12.0. The van der Waals surface area contributed by atoms with Gasteiger partial charge in [0, 0.05) is 13.1 Å². The molecular formula is C9H16ClN3O2S2. The van der Waals surface area contributed by atoms with Crippen LogP contribution >= 0.6 is 23.4 Å². The van der Waals surface area contributed by atoms with Crippen LogP contribution in [0.3, 0.4) is 0 Å².